The van der Waals surface area contributed by atoms with Crippen LogP contribution in [0.5, 0.6) is 0 Å². The zero-order valence-electron chi connectivity index (χ0n) is 9.95. The van der Waals surface area contributed by atoms with E-state index >= 15 is 0 Å². The normalized spacial score (nSPS) is 10.2. The summed E-state index contributed by atoms with van der Waals surface area (Å²) >= 11 is 5.94. The Balaban J connectivity index is 2.22. The molecule has 1 aromatic rings. The van der Waals surface area contributed by atoms with Gasteiger partial charge >= 0.3 is 5.97 Å². The van der Waals surface area contributed by atoms with Gasteiger partial charge in [-0.05, 0) is 19.4 Å². The van der Waals surface area contributed by atoms with Gasteiger partial charge in [0.1, 0.15) is 6.61 Å². The van der Waals surface area contributed by atoms with Crippen LogP contribution in [0.15, 0.2) is 24.3 Å². The molecule has 0 N–H and O–H groups in total. The topological polar surface area (TPSA) is 35.5 Å². The number of rotatable bonds is 7. The molecule has 0 saturated heterocycles. The number of hydrogen-bond acceptors (Lipinski definition) is 3. The number of carbonyl (C=O) groups excluding carboxylic acids is 1. The molecule has 0 atom stereocenters. The van der Waals surface area contributed by atoms with Crippen LogP contribution in [0.25, 0.3) is 0 Å². The number of ether oxygens (including phenoxy) is 2. The Morgan fingerprint density at radius 1 is 1.35 bits per heavy atom. The highest BCUT2D eigenvalue weighted by molar-refractivity contribution is 6.31. The Morgan fingerprint density at radius 2 is 2.12 bits per heavy atom. The summed E-state index contributed by atoms with van der Waals surface area (Å²) in [5.74, 6) is -0.218. The van der Waals surface area contributed by atoms with Crippen LogP contribution in [-0.2, 0) is 20.9 Å². The number of hydrogen-bond donors (Lipinski definition) is 0. The van der Waals surface area contributed by atoms with Gasteiger partial charge < -0.3 is 9.47 Å². The third kappa shape index (κ3) is 5.71. The molecule has 1 aromatic carbocycles. The molecule has 0 aliphatic heterocycles. The highest BCUT2D eigenvalue weighted by Crippen LogP contribution is 2.15. The van der Waals surface area contributed by atoms with Crippen molar-refractivity contribution in [3.8, 4) is 0 Å². The second kappa shape index (κ2) is 8.09. The summed E-state index contributed by atoms with van der Waals surface area (Å²) < 4.78 is 10.2. The monoisotopic (exact) mass is 256 g/mol. The molecule has 0 radical (unpaired) electrons. The van der Waals surface area contributed by atoms with Gasteiger partial charge in [0.2, 0.25) is 0 Å². The fourth-order valence-corrected chi connectivity index (χ4v) is 1.50. The van der Waals surface area contributed by atoms with E-state index in [1.807, 2.05) is 25.1 Å². The molecule has 0 heterocycles. The fourth-order valence-electron chi connectivity index (χ4n) is 1.31. The van der Waals surface area contributed by atoms with Crippen molar-refractivity contribution in [3.63, 3.8) is 0 Å². The minimum atomic E-state index is -0.218. The zero-order valence-corrected chi connectivity index (χ0v) is 10.7. The lowest BCUT2D eigenvalue weighted by Gasteiger charge is -2.06. The van der Waals surface area contributed by atoms with Crippen molar-refractivity contribution in [3.05, 3.63) is 34.9 Å². The molecule has 3 nitrogen and oxygen atoms in total. The fraction of sp³-hybridized carbons (Fsp3) is 0.462. The summed E-state index contributed by atoms with van der Waals surface area (Å²) in [6.07, 6.45) is 1.07. The maximum Gasteiger partial charge on any atom is 0.306 e. The first-order chi connectivity index (χ1) is 8.24. The molecule has 0 fully saturated rings. The average Bonchev–Trinajstić information content (AvgIpc) is 2.34. The van der Waals surface area contributed by atoms with Crippen molar-refractivity contribution in [1.82, 2.24) is 0 Å². The quantitative estimate of drug-likeness (QED) is 0.555. The van der Waals surface area contributed by atoms with Crippen LogP contribution in [0.2, 0.25) is 5.02 Å². The van der Waals surface area contributed by atoms with Crippen molar-refractivity contribution in [2.45, 2.75) is 26.4 Å². The van der Waals surface area contributed by atoms with Gasteiger partial charge in [-0.2, -0.15) is 0 Å². The maximum atomic E-state index is 11.4. The molecule has 17 heavy (non-hydrogen) atoms. The van der Waals surface area contributed by atoms with Gasteiger partial charge in [-0.15, -0.1) is 0 Å². The van der Waals surface area contributed by atoms with Crippen LogP contribution < -0.4 is 0 Å². The predicted octanol–water partition coefficient (Wildman–Crippen LogP) is 3.20. The number of carbonyl (C=O) groups is 1. The molecule has 4 heteroatoms. The summed E-state index contributed by atoms with van der Waals surface area (Å²) in [7, 11) is 0. The summed E-state index contributed by atoms with van der Waals surface area (Å²) in [6.45, 7) is 3.43. The number of benzene rings is 1. The first-order valence-electron chi connectivity index (χ1n) is 5.70. The first-order valence-corrected chi connectivity index (χ1v) is 6.08. The van der Waals surface area contributed by atoms with E-state index in [0.717, 1.165) is 5.56 Å². The van der Waals surface area contributed by atoms with Gasteiger partial charge in [-0.1, -0.05) is 29.8 Å². The minimum Gasteiger partial charge on any atom is -0.461 e. The molecular weight excluding hydrogens is 240 g/mol. The molecule has 0 aliphatic rings. The van der Waals surface area contributed by atoms with Gasteiger partial charge in [-0.3, -0.25) is 4.79 Å². The van der Waals surface area contributed by atoms with Gasteiger partial charge in [0.05, 0.1) is 0 Å². The highest BCUT2D eigenvalue weighted by Gasteiger charge is 2.05. The number of esters is 1. The zero-order chi connectivity index (χ0) is 12.5. The molecule has 94 valence electrons. The molecule has 0 aliphatic carbocycles. The van der Waals surface area contributed by atoms with Crippen molar-refractivity contribution in [1.29, 1.82) is 0 Å². The minimum absolute atomic E-state index is 0.218. The van der Waals surface area contributed by atoms with Crippen molar-refractivity contribution in [2.24, 2.45) is 0 Å². The van der Waals surface area contributed by atoms with Crippen LogP contribution in [0.1, 0.15) is 25.3 Å². The Kier molecular flexibility index (Phi) is 6.67. The van der Waals surface area contributed by atoms with Gasteiger partial charge in [0.15, 0.2) is 0 Å². The van der Waals surface area contributed by atoms with Crippen LogP contribution in [0.3, 0.4) is 0 Å². The molecule has 0 saturated carbocycles. The van der Waals surface area contributed by atoms with Gasteiger partial charge in [0, 0.05) is 30.2 Å². The van der Waals surface area contributed by atoms with E-state index in [-0.39, 0.29) is 12.6 Å². The average molecular weight is 257 g/mol. The smallest absolute Gasteiger partial charge is 0.306 e. The van der Waals surface area contributed by atoms with Crippen molar-refractivity contribution in [2.75, 3.05) is 13.2 Å². The van der Waals surface area contributed by atoms with E-state index in [2.05, 4.69) is 0 Å². The van der Waals surface area contributed by atoms with Crippen molar-refractivity contribution >= 4 is 17.6 Å². The lowest BCUT2D eigenvalue weighted by molar-refractivity contribution is -0.145. The summed E-state index contributed by atoms with van der Waals surface area (Å²) in [5.41, 5.74) is 0.826. The number of halogens is 1. The van der Waals surface area contributed by atoms with Crippen molar-refractivity contribution < 1.29 is 14.3 Å². The van der Waals surface area contributed by atoms with Crippen LogP contribution >= 0.6 is 11.6 Å². The molecule has 0 aromatic heterocycles. The summed E-state index contributed by atoms with van der Waals surface area (Å²) in [4.78, 5) is 11.4. The van der Waals surface area contributed by atoms with E-state index in [1.54, 1.807) is 6.07 Å². The lowest BCUT2D eigenvalue weighted by atomic mass is 10.2. The van der Waals surface area contributed by atoms with Crippen LogP contribution in [0, 0.1) is 0 Å². The molecule has 0 bridgehead atoms. The molecule has 0 spiro atoms. The molecule has 0 amide bonds. The molecule has 1 rings (SSSR count). The van der Waals surface area contributed by atoms with E-state index in [4.69, 9.17) is 21.1 Å². The standard InChI is InChI=1S/C13H17ClO3/c1-2-16-9-5-8-13(15)17-10-11-6-3-4-7-12(11)14/h3-4,6-7H,2,5,8-10H2,1H3. The lowest BCUT2D eigenvalue weighted by Crippen LogP contribution is -2.06. The first kappa shape index (κ1) is 14.0. The van der Waals surface area contributed by atoms with E-state index in [9.17, 15) is 4.79 Å². The predicted molar refractivity (Wildman–Crippen MR) is 67.0 cm³/mol. The largest absolute Gasteiger partial charge is 0.461 e. The Morgan fingerprint density at radius 3 is 2.82 bits per heavy atom. The second-order valence-corrected chi connectivity index (χ2v) is 3.96. The summed E-state index contributed by atoms with van der Waals surface area (Å²) in [6, 6.07) is 7.33. The molecular formula is C13H17ClO3. The second-order valence-electron chi connectivity index (χ2n) is 3.55. The van der Waals surface area contributed by atoms with E-state index in [1.165, 1.54) is 0 Å². The SMILES string of the molecule is CCOCCCC(=O)OCc1ccccc1Cl. The summed E-state index contributed by atoms with van der Waals surface area (Å²) in [5, 5.41) is 0.620. The van der Waals surface area contributed by atoms with E-state index < -0.39 is 0 Å². The third-order valence-electron chi connectivity index (χ3n) is 2.22. The third-order valence-corrected chi connectivity index (χ3v) is 2.59. The van der Waals surface area contributed by atoms with Crippen LogP contribution in [-0.4, -0.2) is 19.2 Å². The highest BCUT2D eigenvalue weighted by atomic mass is 35.5. The van der Waals surface area contributed by atoms with Gasteiger partial charge in [-0.25, -0.2) is 0 Å². The van der Waals surface area contributed by atoms with Crippen LogP contribution in [0.4, 0.5) is 0 Å². The molecule has 0 unspecified atom stereocenters. The van der Waals surface area contributed by atoms with E-state index in [0.29, 0.717) is 31.1 Å². The Hall–Kier alpha value is -1.06. The Labute approximate surface area is 107 Å². The Bertz CT molecular complexity index is 352. The maximum absolute atomic E-state index is 11.4. The van der Waals surface area contributed by atoms with Gasteiger partial charge in [0.25, 0.3) is 0 Å².